The summed E-state index contributed by atoms with van der Waals surface area (Å²) in [7, 11) is 1.39. The van der Waals surface area contributed by atoms with Crippen molar-refractivity contribution in [3.63, 3.8) is 0 Å². The van der Waals surface area contributed by atoms with Gasteiger partial charge in [0.15, 0.2) is 11.6 Å². The van der Waals surface area contributed by atoms with Crippen LogP contribution in [0.1, 0.15) is 43.6 Å². The van der Waals surface area contributed by atoms with Crippen LogP contribution in [0.3, 0.4) is 0 Å². The van der Waals surface area contributed by atoms with Crippen molar-refractivity contribution in [3.8, 4) is 22.6 Å². The van der Waals surface area contributed by atoms with Crippen molar-refractivity contribution in [1.82, 2.24) is 4.90 Å². The molecule has 37 heavy (non-hydrogen) atoms. The Morgan fingerprint density at radius 2 is 1.62 bits per heavy atom. The average molecular weight is 512 g/mol. The van der Waals surface area contributed by atoms with E-state index in [9.17, 15) is 18.4 Å². The summed E-state index contributed by atoms with van der Waals surface area (Å²) >= 11 is 0. The first-order chi connectivity index (χ1) is 17.5. The molecule has 0 fully saturated rings. The van der Waals surface area contributed by atoms with Gasteiger partial charge in [0.1, 0.15) is 24.7 Å². The summed E-state index contributed by atoms with van der Waals surface area (Å²) < 4.78 is 43.4. The van der Waals surface area contributed by atoms with Crippen molar-refractivity contribution in [2.45, 2.75) is 39.8 Å². The Morgan fingerprint density at radius 1 is 0.946 bits per heavy atom. The predicted molar refractivity (Wildman–Crippen MR) is 137 cm³/mol. The number of rotatable bonds is 9. The molecule has 6 nitrogen and oxygen atoms in total. The van der Waals surface area contributed by atoms with Crippen LogP contribution in [0.4, 0.5) is 8.78 Å². The zero-order valence-electron chi connectivity index (χ0n) is 21.6. The van der Waals surface area contributed by atoms with E-state index in [1.807, 2.05) is 26.8 Å². The van der Waals surface area contributed by atoms with Crippen LogP contribution < -0.4 is 9.47 Å². The highest BCUT2D eigenvalue weighted by Crippen LogP contribution is 2.33. The van der Waals surface area contributed by atoms with E-state index in [-0.39, 0.29) is 31.4 Å². The van der Waals surface area contributed by atoms with Crippen LogP contribution in [0, 0.1) is 11.6 Å². The summed E-state index contributed by atoms with van der Waals surface area (Å²) in [5.74, 6) is -1.91. The third-order valence-corrected chi connectivity index (χ3v) is 5.63. The van der Waals surface area contributed by atoms with Gasteiger partial charge >= 0.3 is 5.97 Å². The Balaban J connectivity index is 1.72. The predicted octanol–water partition coefficient (Wildman–Crippen LogP) is 6.02. The number of benzene rings is 3. The van der Waals surface area contributed by atoms with Gasteiger partial charge in [-0.3, -0.25) is 9.59 Å². The molecule has 1 amide bonds. The normalized spacial score (nSPS) is 11.1. The van der Waals surface area contributed by atoms with Gasteiger partial charge in [0.2, 0.25) is 0 Å². The van der Waals surface area contributed by atoms with Gasteiger partial charge in [-0.15, -0.1) is 0 Å². The first-order valence-corrected chi connectivity index (χ1v) is 11.9. The highest BCUT2D eigenvalue weighted by Gasteiger charge is 2.30. The van der Waals surface area contributed by atoms with E-state index >= 15 is 0 Å². The Kier molecular flexibility index (Phi) is 8.86. The van der Waals surface area contributed by atoms with Gasteiger partial charge in [0, 0.05) is 22.7 Å². The summed E-state index contributed by atoms with van der Waals surface area (Å²) in [4.78, 5) is 26.8. The van der Waals surface area contributed by atoms with E-state index in [1.165, 1.54) is 12.0 Å². The van der Waals surface area contributed by atoms with Gasteiger partial charge in [0.25, 0.3) is 5.91 Å². The van der Waals surface area contributed by atoms with Gasteiger partial charge in [0.05, 0.1) is 13.7 Å². The van der Waals surface area contributed by atoms with E-state index in [0.29, 0.717) is 22.4 Å². The van der Waals surface area contributed by atoms with Gasteiger partial charge in [-0.05, 0) is 69.2 Å². The zero-order chi connectivity index (χ0) is 27.2. The maximum absolute atomic E-state index is 13.8. The summed E-state index contributed by atoms with van der Waals surface area (Å²) in [6.45, 7) is 7.59. The molecule has 8 heteroatoms. The van der Waals surface area contributed by atoms with E-state index in [2.05, 4.69) is 0 Å². The molecule has 0 spiro atoms. The maximum atomic E-state index is 13.8. The summed E-state index contributed by atoms with van der Waals surface area (Å²) in [5.41, 5.74) is 1.67. The number of hydrogen-bond acceptors (Lipinski definition) is 5. The van der Waals surface area contributed by atoms with Crippen molar-refractivity contribution < 1.29 is 32.6 Å². The number of amides is 1. The molecule has 0 bridgehead atoms. The quantitative estimate of drug-likeness (QED) is 0.329. The molecule has 0 radical (unpaired) electrons. The summed E-state index contributed by atoms with van der Waals surface area (Å²) in [6.07, 6.45) is 0. The fourth-order valence-corrected chi connectivity index (χ4v) is 3.72. The molecular formula is C29H31F2NO5. The number of methoxy groups -OCH3 is 1. The number of ether oxygens (including phenoxy) is 3. The summed E-state index contributed by atoms with van der Waals surface area (Å²) in [5, 5.41) is 0. The Morgan fingerprint density at radius 3 is 2.24 bits per heavy atom. The monoisotopic (exact) mass is 511 g/mol. The first-order valence-electron chi connectivity index (χ1n) is 11.9. The molecule has 0 aliphatic rings. The molecule has 0 heterocycles. The largest absolute Gasteiger partial charge is 0.496 e. The van der Waals surface area contributed by atoms with Crippen molar-refractivity contribution in [3.05, 3.63) is 83.4 Å². The second-order valence-electron chi connectivity index (χ2n) is 9.35. The number of halogens is 2. The van der Waals surface area contributed by atoms with Gasteiger partial charge in [-0.25, -0.2) is 8.78 Å². The number of esters is 1. The minimum atomic E-state index is -0.979. The molecule has 3 rings (SSSR count). The second kappa shape index (κ2) is 11.9. The molecular weight excluding hydrogens is 480 g/mol. The third kappa shape index (κ3) is 7.06. The molecule has 0 aromatic heterocycles. The molecule has 3 aromatic rings. The number of carbonyl (C=O) groups excluding carboxylic acids is 2. The van der Waals surface area contributed by atoms with Crippen LogP contribution in [0.25, 0.3) is 11.1 Å². The van der Waals surface area contributed by atoms with Crippen molar-refractivity contribution >= 4 is 11.9 Å². The minimum absolute atomic E-state index is 0.147. The van der Waals surface area contributed by atoms with Crippen LogP contribution in [0.15, 0.2) is 60.7 Å². The lowest BCUT2D eigenvalue weighted by atomic mass is 10.0. The van der Waals surface area contributed by atoms with Crippen LogP contribution in [-0.2, 0) is 16.1 Å². The lowest BCUT2D eigenvalue weighted by Gasteiger charge is -2.35. The van der Waals surface area contributed by atoms with Gasteiger partial charge in [-0.2, -0.15) is 0 Å². The minimum Gasteiger partial charge on any atom is -0.496 e. The van der Waals surface area contributed by atoms with Crippen LogP contribution in [-0.4, -0.2) is 42.6 Å². The molecule has 3 aromatic carbocycles. The first kappa shape index (κ1) is 27.6. The smallest absolute Gasteiger partial charge is 0.325 e. The molecule has 196 valence electrons. The molecule has 0 aliphatic heterocycles. The average Bonchev–Trinajstić information content (AvgIpc) is 2.87. The molecule has 0 atom stereocenters. The van der Waals surface area contributed by atoms with Crippen LogP contribution in [0.5, 0.6) is 11.5 Å². The van der Waals surface area contributed by atoms with E-state index in [0.717, 1.165) is 17.7 Å². The topological polar surface area (TPSA) is 65.1 Å². The van der Waals surface area contributed by atoms with E-state index in [1.54, 1.807) is 49.4 Å². The van der Waals surface area contributed by atoms with Gasteiger partial charge < -0.3 is 19.1 Å². The SMILES string of the molecule is CCOC(=O)CN(C(=O)c1cccc(COc2ccc(-c3cc(F)c(F)cc3OC)cc2)c1)C(C)(C)C. The van der Waals surface area contributed by atoms with Crippen molar-refractivity contribution in [2.75, 3.05) is 20.3 Å². The Bertz CT molecular complexity index is 1250. The second-order valence-corrected chi connectivity index (χ2v) is 9.35. The number of carbonyl (C=O) groups is 2. The Hall–Kier alpha value is -3.94. The lowest BCUT2D eigenvalue weighted by molar-refractivity contribution is -0.144. The molecule has 0 aliphatic carbocycles. The molecule has 0 unspecified atom stereocenters. The highest BCUT2D eigenvalue weighted by atomic mass is 19.2. The molecule has 0 N–H and O–H groups in total. The fourth-order valence-electron chi connectivity index (χ4n) is 3.72. The third-order valence-electron chi connectivity index (χ3n) is 5.63. The Labute approximate surface area is 215 Å². The number of nitrogens with zero attached hydrogens (tertiary/aromatic N) is 1. The zero-order valence-corrected chi connectivity index (χ0v) is 21.6. The van der Waals surface area contributed by atoms with Crippen molar-refractivity contribution in [2.24, 2.45) is 0 Å². The molecule has 0 saturated carbocycles. The maximum Gasteiger partial charge on any atom is 0.325 e. The fraction of sp³-hybridized carbons (Fsp3) is 0.310. The van der Waals surface area contributed by atoms with Crippen molar-refractivity contribution in [1.29, 1.82) is 0 Å². The van der Waals surface area contributed by atoms with E-state index in [4.69, 9.17) is 14.2 Å². The van der Waals surface area contributed by atoms with E-state index < -0.39 is 23.1 Å². The van der Waals surface area contributed by atoms with Crippen LogP contribution >= 0.6 is 0 Å². The molecule has 0 saturated heterocycles. The number of hydrogen-bond donors (Lipinski definition) is 0. The van der Waals surface area contributed by atoms with Gasteiger partial charge in [-0.1, -0.05) is 24.3 Å². The standard InChI is InChI=1S/C29H31F2NO5/c1-6-36-27(33)17-32(29(2,3)4)28(34)21-9-7-8-19(14-21)18-37-22-12-10-20(11-13-22)23-15-24(30)25(31)16-26(23)35-5/h7-16H,6,17-18H2,1-5H3. The lowest BCUT2D eigenvalue weighted by Crippen LogP contribution is -2.48. The summed E-state index contributed by atoms with van der Waals surface area (Å²) in [6, 6.07) is 16.0. The van der Waals surface area contributed by atoms with Crippen LogP contribution in [0.2, 0.25) is 0 Å². The highest BCUT2D eigenvalue weighted by molar-refractivity contribution is 5.96.